The molecule has 7 heteroatoms. The van der Waals surface area contributed by atoms with E-state index in [0.29, 0.717) is 28.1 Å². The summed E-state index contributed by atoms with van der Waals surface area (Å²) in [5.41, 5.74) is 2.10. The molecule has 1 N–H and O–H groups in total. The third-order valence-corrected chi connectivity index (χ3v) is 5.30. The van der Waals surface area contributed by atoms with Crippen LogP contribution < -0.4 is 14.4 Å². The summed E-state index contributed by atoms with van der Waals surface area (Å²) in [6.07, 6.45) is 0. The lowest BCUT2D eigenvalue weighted by Gasteiger charge is -2.42. The number of benzene rings is 2. The highest BCUT2D eigenvalue weighted by molar-refractivity contribution is 6.35. The van der Waals surface area contributed by atoms with Crippen LogP contribution in [0.4, 0.5) is 5.69 Å². The SMILES string of the molecule is COc1ccc(CN2CCN(c3cc(Cl)cc(Cl)c3)CC2CO)cc1OC. The number of rotatable bonds is 6. The molecule has 2 aromatic rings. The quantitative estimate of drug-likeness (QED) is 0.786. The van der Waals surface area contributed by atoms with Gasteiger partial charge in [-0.2, -0.15) is 0 Å². The Morgan fingerprint density at radius 2 is 1.70 bits per heavy atom. The maximum Gasteiger partial charge on any atom is 0.161 e. The molecule has 3 rings (SSSR count). The zero-order valence-electron chi connectivity index (χ0n) is 15.5. The molecular formula is C20H24Cl2N2O3. The Balaban J connectivity index is 1.72. The van der Waals surface area contributed by atoms with E-state index < -0.39 is 0 Å². The average Bonchev–Trinajstić information content (AvgIpc) is 2.67. The number of ether oxygens (including phenoxy) is 2. The van der Waals surface area contributed by atoms with Crippen molar-refractivity contribution in [1.29, 1.82) is 0 Å². The average molecular weight is 411 g/mol. The van der Waals surface area contributed by atoms with E-state index in [9.17, 15) is 5.11 Å². The first-order valence-electron chi connectivity index (χ1n) is 8.81. The van der Waals surface area contributed by atoms with Gasteiger partial charge < -0.3 is 19.5 Å². The highest BCUT2D eigenvalue weighted by atomic mass is 35.5. The second-order valence-electron chi connectivity index (χ2n) is 6.57. The largest absolute Gasteiger partial charge is 0.493 e. The molecule has 0 saturated carbocycles. The van der Waals surface area contributed by atoms with Crippen molar-refractivity contribution in [1.82, 2.24) is 4.90 Å². The number of hydrogen-bond donors (Lipinski definition) is 1. The zero-order valence-corrected chi connectivity index (χ0v) is 17.0. The predicted octanol–water partition coefficient (Wildman–Crippen LogP) is 3.69. The van der Waals surface area contributed by atoms with Gasteiger partial charge in [0.2, 0.25) is 0 Å². The molecule has 0 bridgehead atoms. The van der Waals surface area contributed by atoms with Crippen LogP contribution in [0.5, 0.6) is 11.5 Å². The molecule has 2 aromatic carbocycles. The summed E-state index contributed by atoms with van der Waals surface area (Å²) in [5.74, 6) is 1.42. The summed E-state index contributed by atoms with van der Waals surface area (Å²) >= 11 is 12.3. The fourth-order valence-corrected chi connectivity index (χ4v) is 3.96. The zero-order chi connectivity index (χ0) is 19.4. The van der Waals surface area contributed by atoms with Gasteiger partial charge in [-0.25, -0.2) is 0 Å². The van der Waals surface area contributed by atoms with Crippen molar-refractivity contribution in [3.8, 4) is 11.5 Å². The highest BCUT2D eigenvalue weighted by Gasteiger charge is 2.27. The second kappa shape index (κ2) is 9.02. The highest BCUT2D eigenvalue weighted by Crippen LogP contribution is 2.30. The molecule has 0 aromatic heterocycles. The smallest absolute Gasteiger partial charge is 0.161 e. The number of hydrogen-bond acceptors (Lipinski definition) is 5. The van der Waals surface area contributed by atoms with Crippen LogP contribution in [0.3, 0.4) is 0 Å². The monoisotopic (exact) mass is 410 g/mol. The minimum Gasteiger partial charge on any atom is -0.493 e. The van der Waals surface area contributed by atoms with Gasteiger partial charge in [0.15, 0.2) is 11.5 Å². The molecule has 0 amide bonds. The fourth-order valence-electron chi connectivity index (χ4n) is 3.44. The molecule has 0 aliphatic carbocycles. The van der Waals surface area contributed by atoms with Gasteiger partial charge in [0.05, 0.1) is 26.9 Å². The Morgan fingerprint density at radius 3 is 2.33 bits per heavy atom. The van der Waals surface area contributed by atoms with Crippen LogP contribution in [0, 0.1) is 0 Å². The normalized spacial score (nSPS) is 17.8. The van der Waals surface area contributed by atoms with Gasteiger partial charge in [0, 0.05) is 41.9 Å². The molecule has 5 nitrogen and oxygen atoms in total. The van der Waals surface area contributed by atoms with Crippen molar-refractivity contribution in [2.24, 2.45) is 0 Å². The number of halogens is 2. The lowest BCUT2D eigenvalue weighted by Crippen LogP contribution is -2.54. The van der Waals surface area contributed by atoms with Gasteiger partial charge in [0.25, 0.3) is 0 Å². The topological polar surface area (TPSA) is 45.2 Å². The van der Waals surface area contributed by atoms with Crippen molar-refractivity contribution in [2.75, 3.05) is 45.4 Å². The van der Waals surface area contributed by atoms with E-state index in [2.05, 4.69) is 9.80 Å². The molecule has 27 heavy (non-hydrogen) atoms. The standard InChI is InChI=1S/C20H24Cl2N2O3/c1-26-19-4-3-14(7-20(19)27-2)11-23-5-6-24(12-18(23)13-25)17-9-15(21)8-16(22)10-17/h3-4,7-10,18,25H,5-6,11-13H2,1-2H3. The Kier molecular flexibility index (Phi) is 6.71. The Bertz CT molecular complexity index is 768. The van der Waals surface area contributed by atoms with Crippen LogP contribution in [0.1, 0.15) is 5.56 Å². The molecule has 1 aliphatic rings. The third kappa shape index (κ3) is 4.79. The van der Waals surface area contributed by atoms with Crippen molar-refractivity contribution in [3.63, 3.8) is 0 Å². The molecule has 1 heterocycles. The van der Waals surface area contributed by atoms with E-state index in [4.69, 9.17) is 32.7 Å². The molecule has 1 aliphatic heterocycles. The number of nitrogens with zero attached hydrogens (tertiary/aromatic N) is 2. The first-order valence-corrected chi connectivity index (χ1v) is 9.56. The molecule has 146 valence electrons. The number of piperazine rings is 1. The number of aliphatic hydroxyl groups excluding tert-OH is 1. The first-order chi connectivity index (χ1) is 13.0. The molecule has 1 fully saturated rings. The lowest BCUT2D eigenvalue weighted by molar-refractivity contribution is 0.105. The molecule has 1 unspecified atom stereocenters. The van der Waals surface area contributed by atoms with E-state index in [-0.39, 0.29) is 12.6 Å². The van der Waals surface area contributed by atoms with Crippen LogP contribution >= 0.6 is 23.2 Å². The summed E-state index contributed by atoms with van der Waals surface area (Å²) in [6.45, 7) is 3.18. The summed E-state index contributed by atoms with van der Waals surface area (Å²) in [5, 5.41) is 11.2. The summed E-state index contributed by atoms with van der Waals surface area (Å²) in [7, 11) is 3.26. The van der Waals surface area contributed by atoms with Gasteiger partial charge in [-0.15, -0.1) is 0 Å². The van der Waals surface area contributed by atoms with Gasteiger partial charge in [-0.3, -0.25) is 4.90 Å². The first kappa shape index (κ1) is 20.1. The Morgan fingerprint density at radius 1 is 1.00 bits per heavy atom. The van der Waals surface area contributed by atoms with Crippen LogP contribution in [-0.2, 0) is 6.54 Å². The third-order valence-electron chi connectivity index (χ3n) is 4.86. The Hall–Kier alpha value is -1.66. The maximum absolute atomic E-state index is 9.93. The van der Waals surface area contributed by atoms with E-state index in [1.807, 2.05) is 30.3 Å². The lowest BCUT2D eigenvalue weighted by atomic mass is 10.1. The number of aliphatic hydroxyl groups is 1. The Labute approximate surface area is 170 Å². The van der Waals surface area contributed by atoms with Crippen molar-refractivity contribution in [2.45, 2.75) is 12.6 Å². The van der Waals surface area contributed by atoms with Crippen LogP contribution in [0.15, 0.2) is 36.4 Å². The number of methoxy groups -OCH3 is 2. The van der Waals surface area contributed by atoms with Crippen LogP contribution in [0.2, 0.25) is 10.0 Å². The van der Waals surface area contributed by atoms with E-state index in [1.54, 1.807) is 20.3 Å². The van der Waals surface area contributed by atoms with Gasteiger partial charge in [0.1, 0.15) is 0 Å². The van der Waals surface area contributed by atoms with E-state index >= 15 is 0 Å². The fraction of sp³-hybridized carbons (Fsp3) is 0.400. The molecule has 0 spiro atoms. The summed E-state index contributed by atoms with van der Waals surface area (Å²) < 4.78 is 10.7. The van der Waals surface area contributed by atoms with Gasteiger partial charge >= 0.3 is 0 Å². The van der Waals surface area contributed by atoms with E-state index in [1.165, 1.54) is 0 Å². The molecule has 1 atom stereocenters. The number of anilines is 1. The van der Waals surface area contributed by atoms with Gasteiger partial charge in [-0.05, 0) is 35.9 Å². The maximum atomic E-state index is 9.93. The summed E-state index contributed by atoms with van der Waals surface area (Å²) in [6, 6.07) is 11.5. The van der Waals surface area contributed by atoms with Crippen molar-refractivity contribution >= 4 is 28.9 Å². The minimum atomic E-state index is 0.0182. The minimum absolute atomic E-state index is 0.0182. The summed E-state index contributed by atoms with van der Waals surface area (Å²) in [4.78, 5) is 4.49. The second-order valence-corrected chi connectivity index (χ2v) is 7.44. The molecular weight excluding hydrogens is 387 g/mol. The van der Waals surface area contributed by atoms with Crippen molar-refractivity contribution in [3.05, 3.63) is 52.0 Å². The van der Waals surface area contributed by atoms with Crippen LogP contribution in [-0.4, -0.2) is 56.5 Å². The van der Waals surface area contributed by atoms with Crippen LogP contribution in [0.25, 0.3) is 0 Å². The van der Waals surface area contributed by atoms with Crippen molar-refractivity contribution < 1.29 is 14.6 Å². The molecule has 0 radical (unpaired) electrons. The van der Waals surface area contributed by atoms with E-state index in [0.717, 1.165) is 30.9 Å². The van der Waals surface area contributed by atoms with Gasteiger partial charge in [-0.1, -0.05) is 29.3 Å². The predicted molar refractivity (Wildman–Crippen MR) is 110 cm³/mol. The molecule has 1 saturated heterocycles.